The summed E-state index contributed by atoms with van der Waals surface area (Å²) in [6.45, 7) is 4.49. The first kappa shape index (κ1) is 25.9. The van der Waals surface area contributed by atoms with Gasteiger partial charge in [0.25, 0.3) is 0 Å². The molecule has 0 spiro atoms. The van der Waals surface area contributed by atoms with Crippen molar-refractivity contribution in [3.63, 3.8) is 0 Å². The molecule has 0 saturated heterocycles. The number of carbonyl (C=O) groups excluding carboxylic acids is 2. The van der Waals surface area contributed by atoms with Crippen LogP contribution in [0.25, 0.3) is 22.2 Å². The van der Waals surface area contributed by atoms with Crippen molar-refractivity contribution in [1.29, 1.82) is 0 Å². The number of imidazole rings is 1. The maximum absolute atomic E-state index is 12.5. The lowest BCUT2D eigenvalue weighted by Gasteiger charge is -2.12. The predicted octanol–water partition coefficient (Wildman–Crippen LogP) is 6.35. The highest BCUT2D eigenvalue weighted by atomic mass is 19.4. The van der Waals surface area contributed by atoms with Crippen molar-refractivity contribution in [2.24, 2.45) is 0 Å². The Morgan fingerprint density at radius 1 is 1.03 bits per heavy atom. The third-order valence-corrected chi connectivity index (χ3v) is 6.08. The average molecular weight is 511 g/mol. The minimum absolute atomic E-state index is 0.147. The van der Waals surface area contributed by atoms with Gasteiger partial charge in [0.1, 0.15) is 17.1 Å². The molecular formula is C28H25F3N2O4. The van der Waals surface area contributed by atoms with Gasteiger partial charge in [-0.05, 0) is 47.7 Å². The van der Waals surface area contributed by atoms with E-state index in [2.05, 4.69) is 11.7 Å². The second-order valence-electron chi connectivity index (χ2n) is 8.73. The third kappa shape index (κ3) is 5.50. The first-order valence-corrected chi connectivity index (χ1v) is 11.8. The highest BCUT2D eigenvalue weighted by Crippen LogP contribution is 2.31. The number of esters is 2. The Kier molecular flexibility index (Phi) is 7.33. The van der Waals surface area contributed by atoms with E-state index < -0.39 is 18.1 Å². The molecule has 0 bridgehead atoms. The molecule has 0 atom stereocenters. The minimum atomic E-state index is -5.27. The number of phenols is 1. The molecule has 1 N–H and O–H groups in total. The summed E-state index contributed by atoms with van der Waals surface area (Å²) in [4.78, 5) is 28.2. The molecule has 1 aromatic heterocycles. The SMILES string of the molecule is CCCCc1nc2c(C)ccc(O)c2n1Cc1ccc(-c2ccccc2C(=O)OC(=O)C(F)(F)F)cc1. The van der Waals surface area contributed by atoms with Gasteiger partial charge in [0, 0.05) is 13.0 Å². The number of benzene rings is 3. The normalized spacial score (nSPS) is 11.6. The van der Waals surface area contributed by atoms with Gasteiger partial charge in [-0.2, -0.15) is 13.2 Å². The van der Waals surface area contributed by atoms with Gasteiger partial charge in [-0.25, -0.2) is 14.6 Å². The van der Waals surface area contributed by atoms with E-state index in [-0.39, 0.29) is 11.3 Å². The van der Waals surface area contributed by atoms with Gasteiger partial charge in [0.05, 0.1) is 11.1 Å². The van der Waals surface area contributed by atoms with Crippen molar-refractivity contribution in [3.8, 4) is 16.9 Å². The number of hydrogen-bond acceptors (Lipinski definition) is 5. The van der Waals surface area contributed by atoms with Crippen molar-refractivity contribution in [2.75, 3.05) is 0 Å². The molecule has 0 fully saturated rings. The van der Waals surface area contributed by atoms with Crippen LogP contribution in [0.1, 0.15) is 47.1 Å². The zero-order valence-electron chi connectivity index (χ0n) is 20.3. The minimum Gasteiger partial charge on any atom is -0.506 e. The quantitative estimate of drug-likeness (QED) is 0.231. The predicted molar refractivity (Wildman–Crippen MR) is 132 cm³/mol. The molecule has 4 aromatic rings. The van der Waals surface area contributed by atoms with Crippen LogP contribution in [-0.4, -0.2) is 32.8 Å². The molecule has 6 nitrogen and oxygen atoms in total. The molecule has 0 aliphatic heterocycles. The smallest absolute Gasteiger partial charge is 0.491 e. The second-order valence-corrected chi connectivity index (χ2v) is 8.73. The number of hydrogen-bond donors (Lipinski definition) is 1. The van der Waals surface area contributed by atoms with E-state index in [1.807, 2.05) is 29.7 Å². The topological polar surface area (TPSA) is 81.4 Å². The lowest BCUT2D eigenvalue weighted by atomic mass is 9.98. The number of ether oxygens (including phenoxy) is 1. The molecule has 0 amide bonds. The van der Waals surface area contributed by atoms with Crippen LogP contribution in [0.2, 0.25) is 0 Å². The third-order valence-electron chi connectivity index (χ3n) is 6.08. The molecule has 0 radical (unpaired) electrons. The molecule has 0 aliphatic rings. The highest BCUT2D eigenvalue weighted by Gasteiger charge is 2.42. The van der Waals surface area contributed by atoms with E-state index in [9.17, 15) is 27.9 Å². The average Bonchev–Trinajstić information content (AvgIpc) is 3.24. The van der Waals surface area contributed by atoms with Gasteiger partial charge in [0.15, 0.2) is 0 Å². The number of aryl methyl sites for hydroxylation is 2. The number of aromatic hydroxyl groups is 1. The van der Waals surface area contributed by atoms with Crippen molar-refractivity contribution in [2.45, 2.75) is 45.8 Å². The molecule has 0 unspecified atom stereocenters. The summed E-state index contributed by atoms with van der Waals surface area (Å²) in [6, 6.07) is 16.6. The molecular weight excluding hydrogens is 485 g/mol. The zero-order chi connectivity index (χ0) is 26.7. The maximum atomic E-state index is 12.5. The van der Waals surface area contributed by atoms with E-state index in [0.717, 1.165) is 41.7 Å². The van der Waals surface area contributed by atoms with Gasteiger partial charge < -0.3 is 14.4 Å². The summed E-state index contributed by atoms with van der Waals surface area (Å²) >= 11 is 0. The Balaban J connectivity index is 1.64. The van der Waals surface area contributed by atoms with E-state index in [1.165, 1.54) is 12.1 Å². The fourth-order valence-electron chi connectivity index (χ4n) is 4.17. The van der Waals surface area contributed by atoms with E-state index in [1.54, 1.807) is 30.3 Å². The van der Waals surface area contributed by atoms with Gasteiger partial charge >= 0.3 is 18.1 Å². The first-order chi connectivity index (χ1) is 17.6. The number of fused-ring (bicyclic) bond motifs is 1. The summed E-state index contributed by atoms with van der Waals surface area (Å²) < 4.78 is 43.6. The van der Waals surface area contributed by atoms with Crippen LogP contribution in [0, 0.1) is 6.92 Å². The van der Waals surface area contributed by atoms with Crippen LogP contribution in [-0.2, 0) is 22.5 Å². The molecule has 9 heteroatoms. The number of rotatable bonds is 7. The summed E-state index contributed by atoms with van der Waals surface area (Å²) in [5, 5.41) is 10.6. The van der Waals surface area contributed by atoms with E-state index >= 15 is 0 Å². The van der Waals surface area contributed by atoms with Crippen LogP contribution in [0.15, 0.2) is 60.7 Å². The van der Waals surface area contributed by atoms with Crippen molar-refractivity contribution >= 4 is 23.0 Å². The molecule has 0 aliphatic carbocycles. The van der Waals surface area contributed by atoms with Crippen LogP contribution in [0.5, 0.6) is 5.75 Å². The van der Waals surface area contributed by atoms with E-state index in [4.69, 9.17) is 4.98 Å². The molecule has 0 saturated carbocycles. The summed E-state index contributed by atoms with van der Waals surface area (Å²) in [6.07, 6.45) is -2.56. The number of nitrogens with zero attached hydrogens (tertiary/aromatic N) is 2. The van der Waals surface area contributed by atoms with Gasteiger partial charge in [-0.15, -0.1) is 0 Å². The number of phenolic OH excluding ortho intramolecular Hbond substituents is 1. The second kappa shape index (κ2) is 10.5. The Morgan fingerprint density at radius 2 is 1.73 bits per heavy atom. The van der Waals surface area contributed by atoms with Crippen molar-refractivity contribution in [1.82, 2.24) is 9.55 Å². The maximum Gasteiger partial charge on any atom is 0.491 e. The number of aromatic nitrogens is 2. The van der Waals surface area contributed by atoms with Crippen molar-refractivity contribution in [3.05, 3.63) is 83.2 Å². The molecule has 1 heterocycles. The lowest BCUT2D eigenvalue weighted by Crippen LogP contribution is -2.28. The van der Waals surface area contributed by atoms with Crippen molar-refractivity contribution < 1.29 is 32.6 Å². The fourth-order valence-corrected chi connectivity index (χ4v) is 4.17. The number of halogens is 3. The Morgan fingerprint density at radius 3 is 2.41 bits per heavy atom. The monoisotopic (exact) mass is 510 g/mol. The van der Waals surface area contributed by atoms with Gasteiger partial charge in [-0.3, -0.25) is 0 Å². The Hall–Kier alpha value is -4.14. The van der Waals surface area contributed by atoms with Crippen LogP contribution >= 0.6 is 0 Å². The fraction of sp³-hybridized carbons (Fsp3) is 0.250. The van der Waals surface area contributed by atoms with Crippen LogP contribution in [0.4, 0.5) is 13.2 Å². The lowest BCUT2D eigenvalue weighted by molar-refractivity contribution is -0.193. The molecule has 4 rings (SSSR count). The Labute approximate surface area is 211 Å². The van der Waals surface area contributed by atoms with E-state index in [0.29, 0.717) is 23.2 Å². The highest BCUT2D eigenvalue weighted by molar-refractivity contribution is 6.02. The van der Waals surface area contributed by atoms with Crippen LogP contribution < -0.4 is 0 Å². The zero-order valence-corrected chi connectivity index (χ0v) is 20.3. The van der Waals surface area contributed by atoms with Gasteiger partial charge in [0.2, 0.25) is 0 Å². The molecule has 37 heavy (non-hydrogen) atoms. The molecule has 3 aromatic carbocycles. The number of unbranched alkanes of at least 4 members (excludes halogenated alkanes) is 1. The Bertz CT molecular complexity index is 1460. The van der Waals surface area contributed by atoms with Crippen LogP contribution in [0.3, 0.4) is 0 Å². The van der Waals surface area contributed by atoms with Gasteiger partial charge in [-0.1, -0.05) is 61.9 Å². The summed E-state index contributed by atoms with van der Waals surface area (Å²) in [5.74, 6) is -2.92. The largest absolute Gasteiger partial charge is 0.506 e. The first-order valence-electron chi connectivity index (χ1n) is 11.8. The number of carbonyl (C=O) groups is 2. The molecule has 192 valence electrons. The standard InChI is InChI=1S/C28H25F3N2O4/c1-3-4-9-23-32-24-17(2)10-15-22(34)25(24)33(23)16-18-11-13-19(14-12-18)20-7-5-6-8-21(20)26(35)37-27(36)28(29,30)31/h5-8,10-15,34H,3-4,9,16H2,1-2H3. The summed E-state index contributed by atoms with van der Waals surface area (Å²) in [7, 11) is 0. The summed E-state index contributed by atoms with van der Waals surface area (Å²) in [5.41, 5.74) is 4.02. The number of alkyl halides is 3.